The molecule has 48 heavy (non-hydrogen) atoms. The van der Waals surface area contributed by atoms with E-state index in [2.05, 4.69) is 15.2 Å². The van der Waals surface area contributed by atoms with Gasteiger partial charge in [0.05, 0.1) is 13.0 Å². The van der Waals surface area contributed by atoms with Crippen molar-refractivity contribution in [2.45, 2.75) is 68.7 Å². The van der Waals surface area contributed by atoms with Crippen LogP contribution < -0.4 is 9.64 Å². The molecule has 16 heteroatoms. The first-order valence-corrected chi connectivity index (χ1v) is 16.8. The zero-order chi connectivity index (χ0) is 34.6. The summed E-state index contributed by atoms with van der Waals surface area (Å²) >= 11 is 0. The molecule has 1 atom stereocenters. The van der Waals surface area contributed by atoms with Crippen molar-refractivity contribution in [3.05, 3.63) is 76.2 Å². The van der Waals surface area contributed by atoms with Crippen molar-refractivity contribution >= 4 is 27.5 Å². The SMILES string of the molecule is Cc1ccc([C@H](CC(=O)O)c2ccn3c(C(F)(F)F)nnc3c2C)cc1CN1CC2(CC2)Oc2nc(N(C)CCCO)ccc2S1(=O)=O. The summed E-state index contributed by atoms with van der Waals surface area (Å²) in [6, 6.07) is 9.82. The highest BCUT2D eigenvalue weighted by molar-refractivity contribution is 7.89. The van der Waals surface area contributed by atoms with Crippen molar-refractivity contribution in [3.63, 3.8) is 0 Å². The van der Waals surface area contributed by atoms with Crippen LogP contribution in [0.3, 0.4) is 0 Å². The Balaban J connectivity index is 1.36. The van der Waals surface area contributed by atoms with Gasteiger partial charge in [0.25, 0.3) is 0 Å². The fraction of sp³-hybridized carbons (Fsp3) is 0.438. The van der Waals surface area contributed by atoms with Gasteiger partial charge in [0.2, 0.25) is 21.7 Å². The molecular formula is C32H35F3N6O6S. The number of hydrogen-bond donors (Lipinski definition) is 2. The quantitative estimate of drug-likeness (QED) is 0.247. The van der Waals surface area contributed by atoms with Crippen molar-refractivity contribution in [2.75, 3.05) is 31.6 Å². The molecule has 1 aromatic carbocycles. The molecule has 4 aromatic rings. The first kappa shape index (κ1) is 33.6. The van der Waals surface area contributed by atoms with Crippen molar-refractivity contribution in [3.8, 4) is 5.88 Å². The van der Waals surface area contributed by atoms with Crippen LogP contribution in [0.25, 0.3) is 5.65 Å². The normalized spacial score (nSPS) is 17.5. The average molecular weight is 689 g/mol. The van der Waals surface area contributed by atoms with Crippen LogP contribution in [0.2, 0.25) is 0 Å². The van der Waals surface area contributed by atoms with E-state index >= 15 is 0 Å². The van der Waals surface area contributed by atoms with Crippen LogP contribution in [0.4, 0.5) is 19.0 Å². The number of carboxylic acid groups (broad SMARTS) is 1. The van der Waals surface area contributed by atoms with Gasteiger partial charge in [-0.3, -0.25) is 9.20 Å². The van der Waals surface area contributed by atoms with Crippen molar-refractivity contribution in [2.24, 2.45) is 0 Å². The smallest absolute Gasteiger partial charge is 0.452 e. The molecule has 1 spiro atoms. The standard InChI is InChI=1S/C32H35F3N6O6S/c1-19-5-6-21(24(16-27(43)44)23-9-13-41-28(20(23)2)37-38-30(41)32(33,34)35)15-22(19)17-40-18-31(10-11-31)47-29-25(48(40,45)46)7-8-26(36-29)39(3)12-4-14-42/h5-9,13,15,24,42H,4,10-12,14,16-18H2,1-3H3,(H,43,44)/t24-/m0/s1. The van der Waals surface area contributed by atoms with Crippen LogP contribution in [0.5, 0.6) is 5.88 Å². The Morgan fingerprint density at radius 1 is 1.15 bits per heavy atom. The van der Waals surface area contributed by atoms with E-state index in [9.17, 15) is 36.6 Å². The van der Waals surface area contributed by atoms with Gasteiger partial charge in [0, 0.05) is 38.9 Å². The minimum absolute atomic E-state index is 0.00939. The molecule has 12 nitrogen and oxygen atoms in total. The van der Waals surface area contributed by atoms with Gasteiger partial charge in [-0.1, -0.05) is 18.2 Å². The van der Waals surface area contributed by atoms with E-state index in [1.165, 1.54) is 22.6 Å². The lowest BCUT2D eigenvalue weighted by Crippen LogP contribution is -2.38. The fourth-order valence-corrected chi connectivity index (χ4v) is 7.70. The number of nitrogens with zero attached hydrogens (tertiary/aromatic N) is 6. The van der Waals surface area contributed by atoms with E-state index in [0.717, 1.165) is 9.96 Å². The van der Waals surface area contributed by atoms with Crippen LogP contribution in [0.1, 0.15) is 65.2 Å². The number of sulfonamides is 1. The average Bonchev–Trinajstić information content (AvgIpc) is 3.63. The Bertz CT molecular complexity index is 2000. The number of aryl methyl sites for hydroxylation is 2. The summed E-state index contributed by atoms with van der Waals surface area (Å²) in [5.74, 6) is -2.53. The van der Waals surface area contributed by atoms with Gasteiger partial charge in [0.15, 0.2) is 5.65 Å². The number of aliphatic carboxylic acids is 1. The number of hydrogen-bond acceptors (Lipinski definition) is 9. The summed E-state index contributed by atoms with van der Waals surface area (Å²) in [6.07, 6.45) is -2.11. The molecule has 2 N–H and O–H groups in total. The molecule has 0 amide bonds. The maximum atomic E-state index is 14.1. The van der Waals surface area contributed by atoms with Crippen LogP contribution in [0.15, 0.2) is 47.5 Å². The number of carboxylic acids is 1. The highest BCUT2D eigenvalue weighted by Crippen LogP contribution is 2.46. The number of anilines is 1. The first-order valence-electron chi connectivity index (χ1n) is 15.4. The molecule has 6 rings (SSSR count). The summed E-state index contributed by atoms with van der Waals surface area (Å²) < 4.78 is 77.2. The maximum absolute atomic E-state index is 14.1. The van der Waals surface area contributed by atoms with E-state index in [-0.39, 0.29) is 42.5 Å². The Labute approximate surface area is 274 Å². The number of alkyl halides is 3. The number of aliphatic hydroxyl groups is 1. The number of ether oxygens (including phenoxy) is 1. The highest BCUT2D eigenvalue weighted by atomic mass is 32.2. The molecule has 0 saturated heterocycles. The molecule has 4 heterocycles. The lowest BCUT2D eigenvalue weighted by Gasteiger charge is -2.25. The number of pyridine rings is 2. The van der Waals surface area contributed by atoms with E-state index < -0.39 is 39.5 Å². The minimum Gasteiger partial charge on any atom is -0.481 e. The number of rotatable bonds is 10. The molecule has 0 unspecified atom stereocenters. The van der Waals surface area contributed by atoms with E-state index in [1.807, 2.05) is 11.8 Å². The Morgan fingerprint density at radius 2 is 1.90 bits per heavy atom. The van der Waals surface area contributed by atoms with E-state index in [0.29, 0.717) is 53.9 Å². The number of aliphatic hydroxyl groups excluding tert-OH is 1. The molecule has 1 fully saturated rings. The molecule has 3 aromatic heterocycles. The number of benzene rings is 1. The van der Waals surface area contributed by atoms with Crippen LogP contribution in [-0.4, -0.2) is 80.8 Å². The lowest BCUT2D eigenvalue weighted by atomic mass is 9.85. The van der Waals surface area contributed by atoms with Gasteiger partial charge in [-0.15, -0.1) is 10.2 Å². The van der Waals surface area contributed by atoms with E-state index in [1.54, 1.807) is 38.2 Å². The number of carbonyl (C=O) groups is 1. The predicted octanol–water partition coefficient (Wildman–Crippen LogP) is 4.30. The van der Waals surface area contributed by atoms with Gasteiger partial charge in [0.1, 0.15) is 16.3 Å². The summed E-state index contributed by atoms with van der Waals surface area (Å²) in [4.78, 5) is 18.4. The lowest BCUT2D eigenvalue weighted by molar-refractivity contribution is -0.145. The highest BCUT2D eigenvalue weighted by Gasteiger charge is 2.52. The largest absolute Gasteiger partial charge is 0.481 e. The van der Waals surface area contributed by atoms with Crippen molar-refractivity contribution in [1.82, 2.24) is 23.9 Å². The third kappa shape index (κ3) is 6.31. The Hall–Kier alpha value is -4.28. The molecule has 0 bridgehead atoms. The molecule has 1 aliphatic heterocycles. The third-order valence-electron chi connectivity index (χ3n) is 9.05. The minimum atomic E-state index is -4.73. The van der Waals surface area contributed by atoms with E-state index in [4.69, 9.17) is 4.74 Å². The van der Waals surface area contributed by atoms with Crippen LogP contribution >= 0.6 is 0 Å². The monoisotopic (exact) mass is 688 g/mol. The number of fused-ring (bicyclic) bond motifs is 2. The van der Waals surface area contributed by atoms with Crippen molar-refractivity contribution < 1.29 is 41.3 Å². The zero-order valence-electron chi connectivity index (χ0n) is 26.5. The molecule has 256 valence electrons. The topological polar surface area (TPSA) is 150 Å². The van der Waals surface area contributed by atoms with Crippen LogP contribution in [0, 0.1) is 13.8 Å². The number of halogens is 3. The maximum Gasteiger partial charge on any atom is 0.452 e. The summed E-state index contributed by atoms with van der Waals surface area (Å²) in [7, 11) is -2.29. The Morgan fingerprint density at radius 3 is 2.56 bits per heavy atom. The second-order valence-electron chi connectivity index (χ2n) is 12.5. The molecule has 0 radical (unpaired) electrons. The first-order chi connectivity index (χ1) is 22.6. The number of aromatic nitrogens is 4. The molecule has 1 aliphatic carbocycles. The van der Waals surface area contributed by atoms with Crippen LogP contribution in [-0.2, 0) is 27.5 Å². The predicted molar refractivity (Wildman–Crippen MR) is 167 cm³/mol. The molecular weight excluding hydrogens is 653 g/mol. The second kappa shape index (κ2) is 12.3. The van der Waals surface area contributed by atoms with Gasteiger partial charge in [-0.25, -0.2) is 8.42 Å². The van der Waals surface area contributed by atoms with Gasteiger partial charge >= 0.3 is 12.1 Å². The Kier molecular flexibility index (Phi) is 8.62. The van der Waals surface area contributed by atoms with Gasteiger partial charge in [-0.2, -0.15) is 22.5 Å². The molecule has 2 aliphatic rings. The van der Waals surface area contributed by atoms with Gasteiger partial charge in [-0.05, 0) is 79.1 Å². The second-order valence-corrected chi connectivity index (χ2v) is 14.4. The molecule has 1 saturated carbocycles. The van der Waals surface area contributed by atoms with Crippen molar-refractivity contribution in [1.29, 1.82) is 0 Å². The summed E-state index contributed by atoms with van der Waals surface area (Å²) in [6.45, 7) is 4.00. The third-order valence-corrected chi connectivity index (χ3v) is 10.9. The summed E-state index contributed by atoms with van der Waals surface area (Å²) in [5, 5.41) is 26.1. The fourth-order valence-electron chi connectivity index (χ4n) is 6.16. The van der Waals surface area contributed by atoms with Gasteiger partial charge < -0.3 is 19.8 Å². The summed E-state index contributed by atoms with van der Waals surface area (Å²) in [5.41, 5.74) is 2.02. The zero-order valence-corrected chi connectivity index (χ0v) is 27.3.